The van der Waals surface area contributed by atoms with Gasteiger partial charge in [-0.3, -0.25) is 14.5 Å². The Morgan fingerprint density at radius 1 is 1.29 bits per heavy atom. The average molecular weight is 431 g/mol. The smallest absolute Gasteiger partial charge is 0.314 e. The number of hydrogen-bond acceptors (Lipinski definition) is 7. The lowest BCUT2D eigenvalue weighted by atomic mass is 9.61. The van der Waals surface area contributed by atoms with Crippen molar-refractivity contribution < 1.29 is 19.1 Å². The highest BCUT2D eigenvalue weighted by Crippen LogP contribution is 2.48. The highest BCUT2D eigenvalue weighted by molar-refractivity contribution is 5.99. The largest absolute Gasteiger partial charge is 0.466 e. The van der Waals surface area contributed by atoms with E-state index in [9.17, 15) is 9.59 Å². The van der Waals surface area contributed by atoms with E-state index in [4.69, 9.17) is 9.47 Å². The van der Waals surface area contributed by atoms with E-state index in [1.807, 2.05) is 11.8 Å². The van der Waals surface area contributed by atoms with Crippen molar-refractivity contribution in [2.45, 2.75) is 38.6 Å². The van der Waals surface area contributed by atoms with Crippen LogP contribution in [-0.4, -0.2) is 85.7 Å². The molecule has 1 aromatic heterocycles. The summed E-state index contributed by atoms with van der Waals surface area (Å²) in [6.07, 6.45) is 5.18. The molecule has 1 amide bonds. The third-order valence-electron chi connectivity index (χ3n) is 7.29. The van der Waals surface area contributed by atoms with Crippen LogP contribution in [0.25, 0.3) is 0 Å². The molecular formula is C23H34N4O4. The van der Waals surface area contributed by atoms with Gasteiger partial charge in [0.2, 0.25) is 0 Å². The number of hydrogen-bond donors (Lipinski definition) is 1. The molecule has 4 rings (SSSR count). The number of likely N-dealkylation sites (tertiary alicyclic amines) is 1. The Morgan fingerprint density at radius 3 is 2.84 bits per heavy atom. The number of esters is 1. The lowest BCUT2D eigenvalue weighted by Crippen LogP contribution is -2.59. The van der Waals surface area contributed by atoms with Crippen molar-refractivity contribution in [3.8, 4) is 0 Å². The molecule has 2 aliphatic heterocycles. The molecule has 3 fully saturated rings. The van der Waals surface area contributed by atoms with Gasteiger partial charge in [0.05, 0.1) is 30.8 Å². The molecule has 2 saturated heterocycles. The van der Waals surface area contributed by atoms with E-state index in [0.717, 1.165) is 52.0 Å². The molecule has 3 heterocycles. The number of fused-ring (bicyclic) bond motifs is 1. The number of amides is 1. The van der Waals surface area contributed by atoms with E-state index in [1.165, 1.54) is 0 Å². The summed E-state index contributed by atoms with van der Waals surface area (Å²) < 4.78 is 11.1. The molecule has 3 atom stereocenters. The van der Waals surface area contributed by atoms with Crippen LogP contribution in [0.3, 0.4) is 0 Å². The van der Waals surface area contributed by atoms with Crippen LogP contribution in [0.15, 0.2) is 18.3 Å². The molecule has 1 aliphatic carbocycles. The van der Waals surface area contributed by atoms with Gasteiger partial charge < -0.3 is 19.7 Å². The number of pyridine rings is 1. The number of aromatic nitrogens is 1. The Balaban J connectivity index is 1.55. The number of piperidine rings is 1. The van der Waals surface area contributed by atoms with E-state index in [1.54, 1.807) is 25.4 Å². The highest BCUT2D eigenvalue weighted by atomic mass is 16.5. The van der Waals surface area contributed by atoms with Gasteiger partial charge in [-0.2, -0.15) is 0 Å². The molecule has 0 aromatic carbocycles. The summed E-state index contributed by atoms with van der Waals surface area (Å²) in [6.45, 7) is 6.77. The minimum absolute atomic E-state index is 0.0742. The molecule has 8 nitrogen and oxygen atoms in total. The third-order valence-corrected chi connectivity index (χ3v) is 7.29. The minimum atomic E-state index is -0.616. The SMILES string of the molecule is CCOC(=O)[C@@]12CC[C@H](N3CCOCC3)C[C@H]1CCN(C(=O)c1cccnc1NC)C2. The van der Waals surface area contributed by atoms with E-state index in [2.05, 4.69) is 15.2 Å². The van der Waals surface area contributed by atoms with Gasteiger partial charge in [0.15, 0.2) is 0 Å². The van der Waals surface area contributed by atoms with Crippen molar-refractivity contribution in [1.29, 1.82) is 0 Å². The molecule has 0 spiro atoms. The Labute approximate surface area is 184 Å². The van der Waals surface area contributed by atoms with E-state index in [0.29, 0.717) is 37.1 Å². The Hall–Kier alpha value is -2.19. The first kappa shape index (κ1) is 22.0. The number of carbonyl (C=O) groups is 2. The molecule has 0 unspecified atom stereocenters. The number of morpholine rings is 1. The maximum absolute atomic E-state index is 13.4. The Bertz CT molecular complexity index is 798. The maximum atomic E-state index is 13.4. The van der Waals surface area contributed by atoms with Gasteiger partial charge in [-0.25, -0.2) is 4.98 Å². The van der Waals surface area contributed by atoms with Crippen molar-refractivity contribution in [2.75, 3.05) is 58.4 Å². The molecule has 0 radical (unpaired) electrons. The first-order valence-electron chi connectivity index (χ1n) is 11.5. The van der Waals surface area contributed by atoms with Crippen LogP contribution in [0.4, 0.5) is 5.82 Å². The molecule has 31 heavy (non-hydrogen) atoms. The number of rotatable bonds is 5. The summed E-state index contributed by atoms with van der Waals surface area (Å²) in [6, 6.07) is 4.04. The lowest BCUT2D eigenvalue weighted by molar-refractivity contribution is -0.168. The summed E-state index contributed by atoms with van der Waals surface area (Å²) in [5, 5.41) is 3.00. The van der Waals surface area contributed by atoms with Gasteiger partial charge in [-0.1, -0.05) is 0 Å². The van der Waals surface area contributed by atoms with Gasteiger partial charge in [0, 0.05) is 45.5 Å². The third kappa shape index (κ3) is 4.28. The predicted octanol–water partition coefficient (Wildman–Crippen LogP) is 2.02. The predicted molar refractivity (Wildman–Crippen MR) is 117 cm³/mol. The topological polar surface area (TPSA) is 84.0 Å². The fourth-order valence-electron chi connectivity index (χ4n) is 5.64. The summed E-state index contributed by atoms with van der Waals surface area (Å²) in [5.41, 5.74) is -0.0705. The zero-order chi connectivity index (χ0) is 21.8. The number of anilines is 1. The molecule has 1 N–H and O–H groups in total. The number of nitrogens with one attached hydrogen (secondary N) is 1. The van der Waals surface area contributed by atoms with Crippen molar-refractivity contribution >= 4 is 17.7 Å². The number of ether oxygens (including phenoxy) is 2. The van der Waals surface area contributed by atoms with Gasteiger partial charge >= 0.3 is 5.97 Å². The minimum Gasteiger partial charge on any atom is -0.466 e. The molecule has 170 valence electrons. The molecule has 0 bridgehead atoms. The fraction of sp³-hybridized carbons (Fsp3) is 0.696. The standard InChI is InChI=1S/C23H34N4O4/c1-3-31-22(29)23-8-6-18(26-11-13-30-14-12-26)15-17(23)7-10-27(16-23)21(28)19-5-4-9-25-20(19)24-2/h4-5,9,17-18H,3,6-8,10-16H2,1-2H3,(H,24,25)/t17-,18+,23-/m1/s1. The van der Waals surface area contributed by atoms with Crippen LogP contribution in [0.1, 0.15) is 43.0 Å². The quantitative estimate of drug-likeness (QED) is 0.716. The Morgan fingerprint density at radius 2 is 2.10 bits per heavy atom. The van der Waals surface area contributed by atoms with E-state index in [-0.39, 0.29) is 17.8 Å². The average Bonchev–Trinajstić information content (AvgIpc) is 2.83. The van der Waals surface area contributed by atoms with Crippen LogP contribution in [0.5, 0.6) is 0 Å². The summed E-state index contributed by atoms with van der Waals surface area (Å²) in [4.78, 5) is 35.2. The monoisotopic (exact) mass is 430 g/mol. The summed E-state index contributed by atoms with van der Waals surface area (Å²) in [7, 11) is 1.76. The molecule has 3 aliphatic rings. The second-order valence-corrected chi connectivity index (χ2v) is 8.82. The molecule has 1 aromatic rings. The zero-order valence-electron chi connectivity index (χ0n) is 18.6. The van der Waals surface area contributed by atoms with E-state index < -0.39 is 5.41 Å². The highest BCUT2D eigenvalue weighted by Gasteiger charge is 2.54. The molecule has 8 heteroatoms. The summed E-state index contributed by atoms with van der Waals surface area (Å²) in [5.74, 6) is 0.582. The van der Waals surface area contributed by atoms with Crippen LogP contribution in [0, 0.1) is 11.3 Å². The number of nitrogens with zero attached hydrogens (tertiary/aromatic N) is 3. The van der Waals surface area contributed by atoms with Crippen molar-refractivity contribution in [3.05, 3.63) is 23.9 Å². The zero-order valence-corrected chi connectivity index (χ0v) is 18.6. The van der Waals surface area contributed by atoms with Crippen molar-refractivity contribution in [1.82, 2.24) is 14.8 Å². The van der Waals surface area contributed by atoms with Crippen LogP contribution < -0.4 is 5.32 Å². The van der Waals surface area contributed by atoms with Crippen LogP contribution in [0.2, 0.25) is 0 Å². The summed E-state index contributed by atoms with van der Waals surface area (Å²) >= 11 is 0. The first-order chi connectivity index (χ1) is 15.1. The van der Waals surface area contributed by atoms with Gasteiger partial charge in [-0.15, -0.1) is 0 Å². The normalized spacial score (nSPS) is 29.2. The lowest BCUT2D eigenvalue weighted by Gasteiger charge is -2.52. The number of carbonyl (C=O) groups excluding carboxylic acids is 2. The maximum Gasteiger partial charge on any atom is 0.314 e. The van der Waals surface area contributed by atoms with Gasteiger partial charge in [0.25, 0.3) is 5.91 Å². The first-order valence-corrected chi connectivity index (χ1v) is 11.5. The van der Waals surface area contributed by atoms with Crippen molar-refractivity contribution in [2.24, 2.45) is 11.3 Å². The Kier molecular flexibility index (Phi) is 6.77. The second kappa shape index (κ2) is 9.53. The van der Waals surface area contributed by atoms with E-state index >= 15 is 0 Å². The van der Waals surface area contributed by atoms with Crippen LogP contribution >= 0.6 is 0 Å². The fourth-order valence-corrected chi connectivity index (χ4v) is 5.64. The molecule has 1 saturated carbocycles. The van der Waals surface area contributed by atoms with Gasteiger partial charge in [-0.05, 0) is 50.7 Å². The molecular weight excluding hydrogens is 396 g/mol. The van der Waals surface area contributed by atoms with Gasteiger partial charge in [0.1, 0.15) is 5.82 Å². The van der Waals surface area contributed by atoms with Crippen molar-refractivity contribution in [3.63, 3.8) is 0 Å². The van der Waals surface area contributed by atoms with Crippen LogP contribution in [-0.2, 0) is 14.3 Å². The second-order valence-electron chi connectivity index (χ2n) is 8.82.